The molecule has 0 aliphatic carbocycles. The Hall–Kier alpha value is -1.26. The average molecular weight is 493 g/mol. The minimum absolute atomic E-state index is 0. The van der Waals surface area contributed by atoms with Gasteiger partial charge in [0.05, 0.1) is 34.0 Å². The molecule has 0 amide bonds. The van der Waals surface area contributed by atoms with E-state index in [-0.39, 0.29) is 24.0 Å². The van der Waals surface area contributed by atoms with E-state index in [1.165, 1.54) is 0 Å². The zero-order chi connectivity index (χ0) is 18.8. The van der Waals surface area contributed by atoms with Crippen molar-refractivity contribution in [3.63, 3.8) is 0 Å². The van der Waals surface area contributed by atoms with E-state index in [1.54, 1.807) is 21.3 Å². The van der Waals surface area contributed by atoms with Crippen LogP contribution in [0.2, 0.25) is 0 Å². The van der Waals surface area contributed by atoms with Crippen molar-refractivity contribution in [2.75, 3.05) is 61.3 Å². The minimum Gasteiger partial charge on any atom is -0.493 e. The molecule has 2 rings (SSSR count). The Bertz CT molecular complexity index is 586. The van der Waals surface area contributed by atoms with E-state index in [2.05, 4.69) is 15.2 Å². The highest BCUT2D eigenvalue weighted by molar-refractivity contribution is 14.0. The predicted molar refractivity (Wildman–Crippen MR) is 118 cm³/mol. The Labute approximate surface area is 179 Å². The van der Waals surface area contributed by atoms with Gasteiger partial charge in [-0.1, -0.05) is 6.07 Å². The predicted octanol–water partition coefficient (Wildman–Crippen LogP) is 2.38. The number of methoxy groups -OCH3 is 3. The number of nitrogens with zero attached hydrogens (tertiary/aromatic N) is 2. The number of aliphatic imine (C=N–C) groups is 1. The van der Waals surface area contributed by atoms with Crippen molar-refractivity contribution in [3.05, 3.63) is 23.8 Å². The van der Waals surface area contributed by atoms with Gasteiger partial charge < -0.3 is 29.2 Å². The van der Waals surface area contributed by atoms with Crippen LogP contribution >= 0.6 is 24.0 Å². The summed E-state index contributed by atoms with van der Waals surface area (Å²) in [5.74, 6) is 2.92. The number of benzene rings is 1. The van der Waals surface area contributed by atoms with Crippen molar-refractivity contribution < 1.29 is 18.9 Å². The first kappa shape index (κ1) is 23.8. The standard InChI is InChI=1S/C19H31N3O4.HI/c1-20-19(22-8-7-16(13-22)14-26-10-9-23-2)21-12-15-5-6-17(24-3)18(11-15)25-4;/h5-6,11,16H,7-10,12-14H2,1-4H3,(H,20,21);1H. The van der Waals surface area contributed by atoms with Gasteiger partial charge >= 0.3 is 0 Å². The molecule has 0 saturated carbocycles. The molecule has 1 fully saturated rings. The average Bonchev–Trinajstić information content (AvgIpc) is 3.14. The van der Waals surface area contributed by atoms with Gasteiger partial charge in [0.2, 0.25) is 0 Å². The number of likely N-dealkylation sites (tertiary alicyclic amines) is 1. The summed E-state index contributed by atoms with van der Waals surface area (Å²) in [6.45, 7) is 4.69. The lowest BCUT2D eigenvalue weighted by atomic mass is 10.1. The van der Waals surface area contributed by atoms with Crippen molar-refractivity contribution in [2.45, 2.75) is 13.0 Å². The second kappa shape index (κ2) is 13.0. The van der Waals surface area contributed by atoms with Gasteiger partial charge in [-0.05, 0) is 24.1 Å². The van der Waals surface area contributed by atoms with Crippen LogP contribution in [0, 0.1) is 5.92 Å². The van der Waals surface area contributed by atoms with Gasteiger partial charge in [-0.15, -0.1) is 24.0 Å². The summed E-state index contributed by atoms with van der Waals surface area (Å²) in [5, 5.41) is 3.43. The van der Waals surface area contributed by atoms with Crippen molar-refractivity contribution in [2.24, 2.45) is 10.9 Å². The fourth-order valence-corrected chi connectivity index (χ4v) is 3.06. The van der Waals surface area contributed by atoms with Crippen LogP contribution in [0.25, 0.3) is 0 Å². The van der Waals surface area contributed by atoms with Crippen LogP contribution in [0.5, 0.6) is 11.5 Å². The highest BCUT2D eigenvalue weighted by Gasteiger charge is 2.24. The number of nitrogens with one attached hydrogen (secondary N) is 1. The molecule has 27 heavy (non-hydrogen) atoms. The highest BCUT2D eigenvalue weighted by Crippen LogP contribution is 2.27. The van der Waals surface area contributed by atoms with E-state index in [1.807, 2.05) is 25.2 Å². The molecule has 0 spiro atoms. The molecule has 1 aromatic carbocycles. The maximum atomic E-state index is 5.66. The maximum absolute atomic E-state index is 5.66. The van der Waals surface area contributed by atoms with Gasteiger partial charge in [-0.3, -0.25) is 4.99 Å². The molecule has 1 aliphatic rings. The Kier molecular flexibility index (Phi) is 11.5. The summed E-state index contributed by atoms with van der Waals surface area (Å²) in [7, 11) is 6.79. The molecule has 8 heteroatoms. The van der Waals surface area contributed by atoms with Crippen LogP contribution in [0.4, 0.5) is 0 Å². The Morgan fingerprint density at radius 1 is 1.19 bits per heavy atom. The van der Waals surface area contributed by atoms with Gasteiger partial charge in [-0.2, -0.15) is 0 Å². The quantitative estimate of drug-likeness (QED) is 0.247. The van der Waals surface area contributed by atoms with Crippen molar-refractivity contribution in [1.29, 1.82) is 0 Å². The number of ether oxygens (including phenoxy) is 4. The summed E-state index contributed by atoms with van der Waals surface area (Å²) in [6, 6.07) is 5.93. The molecule has 0 radical (unpaired) electrons. The zero-order valence-electron chi connectivity index (χ0n) is 16.7. The molecule has 154 valence electrons. The van der Waals surface area contributed by atoms with Crippen LogP contribution in [0.1, 0.15) is 12.0 Å². The lowest BCUT2D eigenvalue weighted by Gasteiger charge is -2.22. The molecule has 1 N–H and O–H groups in total. The Balaban J connectivity index is 0.00000364. The van der Waals surface area contributed by atoms with Crippen LogP contribution in [-0.2, 0) is 16.0 Å². The molecule has 0 bridgehead atoms. The minimum atomic E-state index is 0. The molecule has 1 aromatic rings. The molecule has 0 aromatic heterocycles. The van der Waals surface area contributed by atoms with Crippen molar-refractivity contribution in [1.82, 2.24) is 10.2 Å². The third-order valence-electron chi connectivity index (χ3n) is 4.48. The van der Waals surface area contributed by atoms with E-state index < -0.39 is 0 Å². The van der Waals surface area contributed by atoms with E-state index in [4.69, 9.17) is 18.9 Å². The summed E-state index contributed by atoms with van der Waals surface area (Å²) >= 11 is 0. The Morgan fingerprint density at radius 2 is 1.96 bits per heavy atom. The first-order valence-electron chi connectivity index (χ1n) is 8.95. The number of hydrogen-bond donors (Lipinski definition) is 1. The third-order valence-corrected chi connectivity index (χ3v) is 4.48. The van der Waals surface area contributed by atoms with Crippen LogP contribution in [0.15, 0.2) is 23.2 Å². The van der Waals surface area contributed by atoms with Gasteiger partial charge in [0, 0.05) is 39.7 Å². The molecular formula is C19H32IN3O4. The Morgan fingerprint density at radius 3 is 2.63 bits per heavy atom. The van der Waals surface area contributed by atoms with Crippen molar-refractivity contribution in [3.8, 4) is 11.5 Å². The third kappa shape index (κ3) is 7.34. The molecule has 1 unspecified atom stereocenters. The normalized spacial score (nSPS) is 16.8. The molecule has 1 atom stereocenters. The number of hydrogen-bond acceptors (Lipinski definition) is 5. The molecule has 1 saturated heterocycles. The van der Waals surface area contributed by atoms with E-state index in [9.17, 15) is 0 Å². The van der Waals surface area contributed by atoms with Gasteiger partial charge in [0.25, 0.3) is 0 Å². The summed E-state index contributed by atoms with van der Waals surface area (Å²) < 4.78 is 21.3. The smallest absolute Gasteiger partial charge is 0.193 e. The second-order valence-corrected chi connectivity index (χ2v) is 6.26. The molecule has 1 aliphatic heterocycles. The largest absolute Gasteiger partial charge is 0.493 e. The van der Waals surface area contributed by atoms with Crippen LogP contribution in [-0.4, -0.2) is 72.1 Å². The van der Waals surface area contributed by atoms with Crippen molar-refractivity contribution >= 4 is 29.9 Å². The van der Waals surface area contributed by atoms with E-state index >= 15 is 0 Å². The molecular weight excluding hydrogens is 461 g/mol. The lowest BCUT2D eigenvalue weighted by Crippen LogP contribution is -2.39. The second-order valence-electron chi connectivity index (χ2n) is 6.26. The van der Waals surface area contributed by atoms with Crippen LogP contribution in [0.3, 0.4) is 0 Å². The first-order valence-corrected chi connectivity index (χ1v) is 8.95. The van der Waals surface area contributed by atoms with E-state index in [0.717, 1.165) is 49.1 Å². The number of guanidine groups is 1. The summed E-state index contributed by atoms with van der Waals surface area (Å²) in [4.78, 5) is 6.70. The van der Waals surface area contributed by atoms with Gasteiger partial charge in [0.15, 0.2) is 17.5 Å². The summed E-state index contributed by atoms with van der Waals surface area (Å²) in [5.41, 5.74) is 1.11. The van der Waals surface area contributed by atoms with Gasteiger partial charge in [-0.25, -0.2) is 0 Å². The molecule has 1 heterocycles. The fourth-order valence-electron chi connectivity index (χ4n) is 3.06. The van der Waals surface area contributed by atoms with Crippen LogP contribution < -0.4 is 14.8 Å². The first-order chi connectivity index (χ1) is 12.7. The lowest BCUT2D eigenvalue weighted by molar-refractivity contribution is 0.0536. The monoisotopic (exact) mass is 493 g/mol. The molecule has 7 nitrogen and oxygen atoms in total. The maximum Gasteiger partial charge on any atom is 0.193 e. The zero-order valence-corrected chi connectivity index (χ0v) is 19.0. The fraction of sp³-hybridized carbons (Fsp3) is 0.632. The van der Waals surface area contributed by atoms with Gasteiger partial charge in [0.1, 0.15) is 0 Å². The topological polar surface area (TPSA) is 64.6 Å². The number of halogens is 1. The highest BCUT2D eigenvalue weighted by atomic mass is 127. The SMILES string of the molecule is CN=C(NCc1ccc(OC)c(OC)c1)N1CCC(COCCOC)C1.I. The summed E-state index contributed by atoms with van der Waals surface area (Å²) in [6.07, 6.45) is 1.12. The van der Waals surface area contributed by atoms with E-state index in [0.29, 0.717) is 25.7 Å². The number of rotatable bonds is 9.